The van der Waals surface area contributed by atoms with Crippen molar-refractivity contribution in [1.82, 2.24) is 4.98 Å². The smallest absolute Gasteiger partial charge is 0.236 e. The summed E-state index contributed by atoms with van der Waals surface area (Å²) in [6.45, 7) is 0.193. The van der Waals surface area contributed by atoms with E-state index in [1.165, 1.54) is 19.2 Å². The third-order valence-corrected chi connectivity index (χ3v) is 5.54. The first-order valence-corrected chi connectivity index (χ1v) is 9.62. The molecule has 0 spiro atoms. The number of halogens is 1. The van der Waals surface area contributed by atoms with E-state index in [0.717, 1.165) is 18.4 Å². The highest BCUT2D eigenvalue weighted by atomic mass is 19.1. The highest BCUT2D eigenvalue weighted by molar-refractivity contribution is 6.01. The molecule has 1 fully saturated rings. The number of aromatic nitrogens is 1. The Morgan fingerprint density at radius 2 is 1.93 bits per heavy atom. The van der Waals surface area contributed by atoms with E-state index in [2.05, 4.69) is 10.3 Å². The molecule has 5 rings (SSSR count). The first-order valence-electron chi connectivity index (χ1n) is 9.62. The van der Waals surface area contributed by atoms with E-state index in [1.54, 1.807) is 24.3 Å². The van der Waals surface area contributed by atoms with Gasteiger partial charge in [-0.15, -0.1) is 0 Å². The normalized spacial score (nSPS) is 15.5. The van der Waals surface area contributed by atoms with Gasteiger partial charge in [0.15, 0.2) is 11.5 Å². The van der Waals surface area contributed by atoms with E-state index in [9.17, 15) is 9.18 Å². The zero-order valence-corrected chi connectivity index (χ0v) is 16.3. The lowest BCUT2D eigenvalue weighted by Gasteiger charge is -2.16. The lowest BCUT2D eigenvalue weighted by molar-refractivity contribution is -0.118. The van der Waals surface area contributed by atoms with Crippen LogP contribution in [0.4, 0.5) is 10.2 Å². The molecule has 0 bridgehead atoms. The summed E-state index contributed by atoms with van der Waals surface area (Å²) in [6, 6.07) is 15.1. The molecular formula is C23H19FN2O4. The molecule has 1 N–H and O–H groups in total. The Hall–Kier alpha value is -3.61. The zero-order chi connectivity index (χ0) is 20.7. The molecule has 30 heavy (non-hydrogen) atoms. The van der Waals surface area contributed by atoms with Crippen molar-refractivity contribution < 1.29 is 23.4 Å². The minimum absolute atomic E-state index is 0.128. The number of carbonyl (C=O) groups excluding carboxylic acids is 1. The number of anilines is 1. The van der Waals surface area contributed by atoms with Crippen molar-refractivity contribution in [3.63, 3.8) is 0 Å². The van der Waals surface area contributed by atoms with Crippen LogP contribution < -0.4 is 19.5 Å². The number of pyridine rings is 1. The minimum atomic E-state index is -0.602. The van der Waals surface area contributed by atoms with Gasteiger partial charge >= 0.3 is 0 Å². The lowest BCUT2D eigenvalue weighted by atomic mass is 9.94. The van der Waals surface area contributed by atoms with Crippen LogP contribution in [0, 0.1) is 5.82 Å². The van der Waals surface area contributed by atoms with Crippen LogP contribution in [-0.4, -0.2) is 24.8 Å². The number of amides is 1. The predicted molar refractivity (Wildman–Crippen MR) is 108 cm³/mol. The standard InChI is InChI=1S/C23H19FN2O4/c1-28-18-8-6-15(24)12-16(18)17-3-2-4-21(25-17)26-22(27)23(9-10-23)14-5-7-19-20(11-14)30-13-29-19/h2-8,11-12H,9-10,13H2,1H3,(H,25,26,27). The highest BCUT2D eigenvalue weighted by Crippen LogP contribution is 2.51. The maximum atomic E-state index is 13.8. The van der Waals surface area contributed by atoms with Gasteiger partial charge in [-0.05, 0) is 60.9 Å². The summed E-state index contributed by atoms with van der Waals surface area (Å²) in [5.74, 6) is 1.74. The molecule has 1 amide bonds. The van der Waals surface area contributed by atoms with Crippen LogP contribution in [-0.2, 0) is 10.2 Å². The summed E-state index contributed by atoms with van der Waals surface area (Å²) < 4.78 is 29.9. The van der Waals surface area contributed by atoms with Gasteiger partial charge < -0.3 is 19.5 Å². The monoisotopic (exact) mass is 406 g/mol. The van der Waals surface area contributed by atoms with Crippen LogP contribution in [0.15, 0.2) is 54.6 Å². The molecule has 0 atom stereocenters. The predicted octanol–water partition coefficient (Wildman–Crippen LogP) is 4.30. The van der Waals surface area contributed by atoms with Crippen molar-refractivity contribution in [2.75, 3.05) is 19.2 Å². The Labute approximate surface area is 172 Å². The summed E-state index contributed by atoms with van der Waals surface area (Å²) in [5, 5.41) is 2.92. The molecule has 152 valence electrons. The largest absolute Gasteiger partial charge is 0.496 e. The molecule has 1 aliphatic carbocycles. The quantitative estimate of drug-likeness (QED) is 0.684. The molecule has 7 heteroatoms. The number of hydrogen-bond acceptors (Lipinski definition) is 5. The summed E-state index contributed by atoms with van der Waals surface area (Å²) in [6.07, 6.45) is 1.49. The Bertz CT molecular complexity index is 1140. The number of methoxy groups -OCH3 is 1. The number of ether oxygens (including phenoxy) is 3. The van der Waals surface area contributed by atoms with Gasteiger partial charge in [-0.3, -0.25) is 4.79 Å². The van der Waals surface area contributed by atoms with Gasteiger partial charge in [-0.1, -0.05) is 12.1 Å². The van der Waals surface area contributed by atoms with Crippen molar-refractivity contribution in [2.45, 2.75) is 18.3 Å². The van der Waals surface area contributed by atoms with E-state index >= 15 is 0 Å². The zero-order valence-electron chi connectivity index (χ0n) is 16.3. The van der Waals surface area contributed by atoms with E-state index in [-0.39, 0.29) is 18.5 Å². The Kier molecular flexibility index (Phi) is 4.31. The number of benzene rings is 2. The second-order valence-electron chi connectivity index (χ2n) is 7.36. The molecule has 6 nitrogen and oxygen atoms in total. The van der Waals surface area contributed by atoms with Gasteiger partial charge in [-0.25, -0.2) is 9.37 Å². The van der Waals surface area contributed by atoms with Crippen molar-refractivity contribution in [1.29, 1.82) is 0 Å². The number of nitrogens with zero attached hydrogens (tertiary/aromatic N) is 1. The average Bonchev–Trinajstić information content (AvgIpc) is 3.45. The third-order valence-electron chi connectivity index (χ3n) is 5.54. The van der Waals surface area contributed by atoms with Crippen molar-refractivity contribution in [3.05, 3.63) is 66.0 Å². The number of rotatable bonds is 5. The number of carbonyl (C=O) groups is 1. The molecule has 3 aromatic rings. The van der Waals surface area contributed by atoms with Crippen LogP contribution in [0.1, 0.15) is 18.4 Å². The van der Waals surface area contributed by atoms with Crippen LogP contribution in [0.5, 0.6) is 17.2 Å². The lowest BCUT2D eigenvalue weighted by Crippen LogP contribution is -2.28. The van der Waals surface area contributed by atoms with Crippen molar-refractivity contribution >= 4 is 11.7 Å². The van der Waals surface area contributed by atoms with Gasteiger partial charge in [0.25, 0.3) is 0 Å². The van der Waals surface area contributed by atoms with Crippen molar-refractivity contribution in [2.24, 2.45) is 0 Å². The van der Waals surface area contributed by atoms with Gasteiger partial charge in [0, 0.05) is 5.56 Å². The topological polar surface area (TPSA) is 69.7 Å². The summed E-state index contributed by atoms with van der Waals surface area (Å²) in [4.78, 5) is 17.6. The third kappa shape index (κ3) is 3.12. The van der Waals surface area contributed by atoms with Gasteiger partial charge in [-0.2, -0.15) is 0 Å². The Morgan fingerprint density at radius 3 is 2.73 bits per heavy atom. The van der Waals surface area contributed by atoms with Crippen LogP contribution in [0.3, 0.4) is 0 Å². The molecule has 2 aliphatic rings. The molecular weight excluding hydrogens is 387 g/mol. The fourth-order valence-electron chi connectivity index (χ4n) is 3.74. The van der Waals surface area contributed by atoms with Crippen LogP contribution in [0.2, 0.25) is 0 Å². The fraction of sp³-hybridized carbons (Fsp3) is 0.217. The SMILES string of the molecule is COc1ccc(F)cc1-c1cccc(NC(=O)C2(c3ccc4c(c3)OCO4)CC2)n1. The highest BCUT2D eigenvalue weighted by Gasteiger charge is 2.51. The Balaban J connectivity index is 1.41. The van der Waals surface area contributed by atoms with Gasteiger partial charge in [0.2, 0.25) is 12.7 Å². The molecule has 0 unspecified atom stereocenters. The number of hydrogen-bond donors (Lipinski definition) is 1. The summed E-state index contributed by atoms with van der Waals surface area (Å²) >= 11 is 0. The summed E-state index contributed by atoms with van der Waals surface area (Å²) in [5.41, 5.74) is 1.32. The first-order chi connectivity index (χ1) is 14.6. The van der Waals surface area contributed by atoms with Crippen molar-refractivity contribution in [3.8, 4) is 28.5 Å². The average molecular weight is 406 g/mol. The van der Waals surface area contributed by atoms with E-state index in [1.807, 2.05) is 18.2 Å². The fourth-order valence-corrected chi connectivity index (χ4v) is 3.74. The second-order valence-corrected chi connectivity index (χ2v) is 7.36. The van der Waals surface area contributed by atoms with Crippen LogP contribution in [0.25, 0.3) is 11.3 Å². The molecule has 0 radical (unpaired) electrons. The van der Waals surface area contributed by atoms with Crippen LogP contribution >= 0.6 is 0 Å². The molecule has 2 aromatic carbocycles. The molecule has 2 heterocycles. The summed E-state index contributed by atoms with van der Waals surface area (Å²) in [7, 11) is 1.52. The maximum absolute atomic E-state index is 13.8. The first kappa shape index (κ1) is 18.4. The minimum Gasteiger partial charge on any atom is -0.496 e. The van der Waals surface area contributed by atoms with E-state index in [0.29, 0.717) is 34.3 Å². The van der Waals surface area contributed by atoms with E-state index in [4.69, 9.17) is 14.2 Å². The molecule has 0 saturated heterocycles. The molecule has 1 aromatic heterocycles. The number of nitrogens with one attached hydrogen (secondary N) is 1. The Morgan fingerprint density at radius 1 is 1.10 bits per heavy atom. The molecule has 1 saturated carbocycles. The van der Waals surface area contributed by atoms with Gasteiger partial charge in [0.05, 0.1) is 18.2 Å². The second kappa shape index (κ2) is 7.02. The van der Waals surface area contributed by atoms with Gasteiger partial charge in [0.1, 0.15) is 17.4 Å². The maximum Gasteiger partial charge on any atom is 0.236 e. The number of fused-ring (bicyclic) bond motifs is 1. The van der Waals surface area contributed by atoms with E-state index < -0.39 is 5.41 Å². The molecule has 1 aliphatic heterocycles.